The van der Waals surface area contributed by atoms with Crippen molar-refractivity contribution in [3.05, 3.63) is 72.1 Å². The molecule has 222 valence electrons. The second-order valence-corrected chi connectivity index (χ2v) is 10.3. The van der Waals surface area contributed by atoms with Crippen LogP contribution in [0.25, 0.3) is 21.8 Å². The van der Waals surface area contributed by atoms with Gasteiger partial charge in [0.05, 0.1) is 6.04 Å². The Bertz CT molecular complexity index is 1550. The summed E-state index contributed by atoms with van der Waals surface area (Å²) in [5.41, 5.74) is 15.0. The van der Waals surface area contributed by atoms with E-state index in [1.165, 1.54) is 0 Å². The molecular formula is C30H37N7O5. The predicted octanol–water partition coefficient (Wildman–Crippen LogP) is 1.06. The third-order valence-corrected chi connectivity index (χ3v) is 7.18. The Morgan fingerprint density at radius 2 is 1.29 bits per heavy atom. The number of hydrogen-bond donors (Lipinski definition) is 8. The van der Waals surface area contributed by atoms with Crippen molar-refractivity contribution < 1.29 is 24.3 Å². The molecule has 2 aromatic carbocycles. The third-order valence-electron chi connectivity index (χ3n) is 7.18. The van der Waals surface area contributed by atoms with Crippen molar-refractivity contribution in [1.29, 1.82) is 0 Å². The van der Waals surface area contributed by atoms with Crippen molar-refractivity contribution in [2.75, 3.05) is 13.1 Å². The van der Waals surface area contributed by atoms with Crippen LogP contribution in [0.5, 0.6) is 0 Å². The lowest BCUT2D eigenvalue weighted by atomic mass is 10.0. The quantitative estimate of drug-likeness (QED) is 0.0966. The largest absolute Gasteiger partial charge is 0.480 e. The summed E-state index contributed by atoms with van der Waals surface area (Å²) in [5.74, 6) is -2.96. The fourth-order valence-corrected chi connectivity index (χ4v) is 4.94. The molecule has 3 amide bonds. The predicted molar refractivity (Wildman–Crippen MR) is 159 cm³/mol. The number of para-hydroxylation sites is 2. The zero-order valence-electron chi connectivity index (χ0n) is 23.2. The lowest BCUT2D eigenvalue weighted by Crippen LogP contribution is -2.57. The Balaban J connectivity index is 1.58. The number of aromatic amines is 2. The molecule has 10 N–H and O–H groups in total. The summed E-state index contributed by atoms with van der Waals surface area (Å²) in [6.07, 6.45) is 5.55. The molecule has 3 atom stereocenters. The van der Waals surface area contributed by atoms with E-state index < -0.39 is 48.4 Å². The van der Waals surface area contributed by atoms with Gasteiger partial charge in [-0.15, -0.1) is 0 Å². The molecule has 2 aromatic heterocycles. The van der Waals surface area contributed by atoms with Crippen molar-refractivity contribution in [3.63, 3.8) is 0 Å². The van der Waals surface area contributed by atoms with E-state index in [9.17, 15) is 19.2 Å². The highest BCUT2D eigenvalue weighted by molar-refractivity contribution is 5.95. The molecule has 0 aliphatic carbocycles. The number of nitrogens with one attached hydrogen (secondary N) is 5. The Hall–Kier alpha value is -4.68. The number of carbonyl (C=O) groups is 4. The number of benzene rings is 2. The van der Waals surface area contributed by atoms with Gasteiger partial charge < -0.3 is 42.5 Å². The molecule has 0 spiro atoms. The third kappa shape index (κ3) is 7.74. The van der Waals surface area contributed by atoms with Crippen molar-refractivity contribution in [2.24, 2.45) is 11.5 Å². The molecule has 0 aliphatic rings. The number of aromatic nitrogens is 2. The van der Waals surface area contributed by atoms with Crippen molar-refractivity contribution in [3.8, 4) is 0 Å². The van der Waals surface area contributed by atoms with E-state index in [0.717, 1.165) is 39.4 Å². The first kappa shape index (κ1) is 30.3. The molecule has 0 aliphatic heterocycles. The second-order valence-electron chi connectivity index (χ2n) is 10.3. The average molecular weight is 576 g/mol. The number of carbonyl (C=O) groups excluding carboxylic acids is 3. The first-order chi connectivity index (χ1) is 20.3. The molecule has 0 saturated heterocycles. The fraction of sp³-hybridized carbons (Fsp3) is 0.333. The molecule has 4 aromatic rings. The fourth-order valence-electron chi connectivity index (χ4n) is 4.94. The lowest BCUT2D eigenvalue weighted by molar-refractivity contribution is -0.138. The molecule has 0 fully saturated rings. The van der Waals surface area contributed by atoms with Crippen molar-refractivity contribution >= 4 is 45.5 Å². The maximum Gasteiger partial charge on any atom is 0.322 e. The van der Waals surface area contributed by atoms with E-state index in [1.807, 2.05) is 48.5 Å². The number of rotatable bonds is 15. The monoisotopic (exact) mass is 575 g/mol. The number of carboxylic acid groups (broad SMARTS) is 1. The molecule has 0 radical (unpaired) electrons. The van der Waals surface area contributed by atoms with E-state index in [0.29, 0.717) is 19.4 Å². The summed E-state index contributed by atoms with van der Waals surface area (Å²) in [7, 11) is 0. The van der Waals surface area contributed by atoms with Gasteiger partial charge >= 0.3 is 5.97 Å². The molecule has 3 unspecified atom stereocenters. The van der Waals surface area contributed by atoms with Crippen molar-refractivity contribution in [2.45, 2.75) is 50.2 Å². The van der Waals surface area contributed by atoms with Gasteiger partial charge in [0.2, 0.25) is 17.7 Å². The highest BCUT2D eigenvalue weighted by Gasteiger charge is 2.30. The maximum atomic E-state index is 13.8. The van der Waals surface area contributed by atoms with E-state index >= 15 is 0 Å². The number of carboxylic acids is 1. The number of nitrogens with two attached hydrogens (primary N) is 2. The number of aliphatic carboxylic acids is 1. The first-order valence-electron chi connectivity index (χ1n) is 13.9. The van der Waals surface area contributed by atoms with Gasteiger partial charge in [0.15, 0.2) is 0 Å². The van der Waals surface area contributed by atoms with Gasteiger partial charge in [0, 0.05) is 47.0 Å². The molecule has 4 rings (SSSR count). The summed E-state index contributed by atoms with van der Waals surface area (Å²) < 4.78 is 0. The van der Waals surface area contributed by atoms with Gasteiger partial charge in [-0.2, -0.15) is 0 Å². The minimum atomic E-state index is -1.21. The molecule has 0 bridgehead atoms. The van der Waals surface area contributed by atoms with Crippen LogP contribution in [0.3, 0.4) is 0 Å². The minimum absolute atomic E-state index is 0.0908. The lowest BCUT2D eigenvalue weighted by Gasteiger charge is -2.24. The summed E-state index contributed by atoms with van der Waals surface area (Å²) in [6.45, 7) is -0.117. The van der Waals surface area contributed by atoms with Crippen LogP contribution in [-0.4, -0.2) is 70.0 Å². The second kappa shape index (κ2) is 14.3. The SMILES string of the molecule is NCCCCC(N)C(=O)NC(Cc1c[nH]c2ccccc12)C(=O)NC(Cc1c[nH]c2ccccc12)C(=O)NCC(=O)O. The van der Waals surface area contributed by atoms with Gasteiger partial charge in [0.1, 0.15) is 18.6 Å². The topological polar surface area (TPSA) is 208 Å². The van der Waals surface area contributed by atoms with E-state index in [4.69, 9.17) is 16.6 Å². The zero-order chi connectivity index (χ0) is 30.1. The molecule has 12 heteroatoms. The first-order valence-corrected chi connectivity index (χ1v) is 13.9. The van der Waals surface area contributed by atoms with E-state index in [2.05, 4.69) is 25.9 Å². The molecule has 12 nitrogen and oxygen atoms in total. The van der Waals surface area contributed by atoms with E-state index in [1.54, 1.807) is 12.4 Å². The smallest absolute Gasteiger partial charge is 0.322 e. The molecular weight excluding hydrogens is 538 g/mol. The maximum absolute atomic E-state index is 13.8. The summed E-state index contributed by atoms with van der Waals surface area (Å²) in [6, 6.07) is 12.1. The number of fused-ring (bicyclic) bond motifs is 2. The molecule has 42 heavy (non-hydrogen) atoms. The summed E-state index contributed by atoms with van der Waals surface area (Å²) >= 11 is 0. The van der Waals surface area contributed by atoms with E-state index in [-0.39, 0.29) is 12.8 Å². The van der Waals surface area contributed by atoms with Gasteiger partial charge in [-0.1, -0.05) is 42.8 Å². The number of H-pyrrole nitrogens is 2. The van der Waals surface area contributed by atoms with Crippen LogP contribution in [-0.2, 0) is 32.0 Å². The van der Waals surface area contributed by atoms with Gasteiger partial charge in [-0.25, -0.2) is 0 Å². The van der Waals surface area contributed by atoms with Crippen molar-refractivity contribution in [1.82, 2.24) is 25.9 Å². The summed E-state index contributed by atoms with van der Waals surface area (Å²) in [4.78, 5) is 57.4. The Kier molecular flexibility index (Phi) is 10.3. The molecule has 2 heterocycles. The molecule has 0 saturated carbocycles. The highest BCUT2D eigenvalue weighted by Crippen LogP contribution is 2.21. The number of amides is 3. The Labute approximate surface area is 242 Å². The number of hydrogen-bond acceptors (Lipinski definition) is 6. The summed E-state index contributed by atoms with van der Waals surface area (Å²) in [5, 5.41) is 18.8. The van der Waals surface area contributed by atoms with Crippen LogP contribution in [0, 0.1) is 0 Å². The van der Waals surface area contributed by atoms with Crippen LogP contribution in [0.1, 0.15) is 30.4 Å². The van der Waals surface area contributed by atoms with Gasteiger partial charge in [-0.3, -0.25) is 19.2 Å². The highest BCUT2D eigenvalue weighted by atomic mass is 16.4. The van der Waals surface area contributed by atoms with Gasteiger partial charge in [-0.05, 0) is 42.6 Å². The average Bonchev–Trinajstić information content (AvgIpc) is 3.59. The van der Waals surface area contributed by atoms with Gasteiger partial charge in [0.25, 0.3) is 0 Å². The van der Waals surface area contributed by atoms with Crippen LogP contribution in [0.15, 0.2) is 60.9 Å². The number of unbranched alkanes of at least 4 members (excludes halogenated alkanes) is 1. The van der Waals surface area contributed by atoms with Crippen LogP contribution in [0.4, 0.5) is 0 Å². The Morgan fingerprint density at radius 3 is 1.83 bits per heavy atom. The van der Waals surface area contributed by atoms with Crippen LogP contribution < -0.4 is 27.4 Å². The zero-order valence-corrected chi connectivity index (χ0v) is 23.2. The standard InChI is InChI=1S/C30H37N7O5/c31-12-6-5-9-22(32)28(40)36-26(14-19-16-34-24-11-4-2-8-21(19)24)30(42)37-25(29(41)35-17-27(38)39)13-18-15-33-23-10-3-1-7-20(18)23/h1-4,7-8,10-11,15-16,22,25-26,33-34H,5-6,9,12-14,17,31-32H2,(H,35,41)(H,36,40)(H,37,42)(H,38,39). The van der Waals surface area contributed by atoms with Crippen LogP contribution >= 0.6 is 0 Å². The normalized spacial score (nSPS) is 13.4. The minimum Gasteiger partial charge on any atom is -0.480 e. The van der Waals surface area contributed by atoms with Crippen LogP contribution in [0.2, 0.25) is 0 Å². The Morgan fingerprint density at radius 1 is 0.762 bits per heavy atom.